The Morgan fingerprint density at radius 3 is 2.58 bits per heavy atom. The first kappa shape index (κ1) is 18.0. The van der Waals surface area contributed by atoms with Crippen molar-refractivity contribution in [1.29, 1.82) is 0 Å². The van der Waals surface area contributed by atoms with Crippen LogP contribution in [-0.2, 0) is 12.7 Å². The fraction of sp³-hybridized carbons (Fsp3) is 0.211. The van der Waals surface area contributed by atoms with E-state index in [1.807, 2.05) is 25.1 Å². The van der Waals surface area contributed by atoms with Gasteiger partial charge in [0.05, 0.1) is 24.9 Å². The quantitative estimate of drug-likeness (QED) is 0.698. The molecule has 0 spiro atoms. The number of hydrogen-bond donors (Lipinski definition) is 2. The van der Waals surface area contributed by atoms with Crippen molar-refractivity contribution in [2.24, 2.45) is 0 Å². The highest BCUT2D eigenvalue weighted by Crippen LogP contribution is 2.34. The number of hydrogen-bond acceptors (Lipinski definition) is 3. The van der Waals surface area contributed by atoms with Gasteiger partial charge in [-0.2, -0.15) is 18.3 Å². The molecule has 0 amide bonds. The van der Waals surface area contributed by atoms with Crippen LogP contribution < -0.4 is 5.32 Å². The van der Waals surface area contributed by atoms with Gasteiger partial charge in [-0.3, -0.25) is 4.68 Å². The van der Waals surface area contributed by atoms with E-state index in [9.17, 15) is 13.2 Å². The van der Waals surface area contributed by atoms with Gasteiger partial charge in [0.1, 0.15) is 0 Å². The van der Waals surface area contributed by atoms with Gasteiger partial charge in [0.15, 0.2) is 0 Å². The summed E-state index contributed by atoms with van der Waals surface area (Å²) in [5.41, 5.74) is 2.88. The van der Waals surface area contributed by atoms with Crippen molar-refractivity contribution in [3.8, 4) is 11.1 Å². The molecule has 0 atom stereocenters. The van der Waals surface area contributed by atoms with Crippen molar-refractivity contribution >= 4 is 11.4 Å². The fourth-order valence-corrected chi connectivity index (χ4v) is 2.79. The first-order valence-electron chi connectivity index (χ1n) is 8.07. The van der Waals surface area contributed by atoms with Gasteiger partial charge >= 0.3 is 6.18 Å². The number of alkyl halides is 3. The highest BCUT2D eigenvalue weighted by atomic mass is 19.4. The molecule has 136 valence electrons. The van der Waals surface area contributed by atoms with Crippen LogP contribution in [0.15, 0.2) is 54.7 Å². The Kier molecular flexibility index (Phi) is 4.99. The summed E-state index contributed by atoms with van der Waals surface area (Å²) >= 11 is 0. The van der Waals surface area contributed by atoms with Gasteiger partial charge in [0, 0.05) is 28.2 Å². The number of nitrogens with zero attached hydrogens (tertiary/aromatic N) is 2. The van der Waals surface area contributed by atoms with Crippen LogP contribution >= 0.6 is 0 Å². The maximum Gasteiger partial charge on any atom is 0.416 e. The molecule has 7 heteroatoms. The molecular weight excluding hydrogens is 343 g/mol. The third-order valence-corrected chi connectivity index (χ3v) is 4.10. The molecule has 0 aliphatic heterocycles. The maximum absolute atomic E-state index is 12.9. The van der Waals surface area contributed by atoms with Crippen molar-refractivity contribution in [2.45, 2.75) is 19.6 Å². The maximum atomic E-state index is 12.9. The van der Waals surface area contributed by atoms with Gasteiger partial charge in [-0.05, 0) is 31.2 Å². The number of benzene rings is 2. The van der Waals surface area contributed by atoms with Crippen LogP contribution in [0, 0.1) is 6.92 Å². The third kappa shape index (κ3) is 3.72. The summed E-state index contributed by atoms with van der Waals surface area (Å²) in [6, 6.07) is 12.4. The van der Waals surface area contributed by atoms with Gasteiger partial charge in [-0.15, -0.1) is 0 Å². The van der Waals surface area contributed by atoms with Gasteiger partial charge in [0.2, 0.25) is 0 Å². The number of halogens is 3. The van der Waals surface area contributed by atoms with Crippen molar-refractivity contribution < 1.29 is 18.3 Å². The zero-order valence-electron chi connectivity index (χ0n) is 14.1. The van der Waals surface area contributed by atoms with Crippen molar-refractivity contribution in [3.63, 3.8) is 0 Å². The molecule has 0 aliphatic carbocycles. The van der Waals surface area contributed by atoms with Crippen LogP contribution in [0.1, 0.15) is 11.3 Å². The molecule has 0 fully saturated rings. The molecule has 26 heavy (non-hydrogen) atoms. The van der Waals surface area contributed by atoms with Crippen molar-refractivity contribution in [2.75, 3.05) is 11.9 Å². The van der Waals surface area contributed by atoms with E-state index >= 15 is 0 Å². The van der Waals surface area contributed by atoms with E-state index in [4.69, 9.17) is 5.11 Å². The number of rotatable bonds is 5. The average Bonchev–Trinajstić information content (AvgIpc) is 2.96. The summed E-state index contributed by atoms with van der Waals surface area (Å²) in [5, 5.41) is 16.4. The van der Waals surface area contributed by atoms with Gasteiger partial charge in [-0.1, -0.05) is 24.3 Å². The molecule has 0 unspecified atom stereocenters. The molecule has 0 aliphatic rings. The minimum atomic E-state index is -4.39. The Morgan fingerprint density at radius 1 is 1.08 bits per heavy atom. The lowest BCUT2D eigenvalue weighted by Gasteiger charge is -2.14. The van der Waals surface area contributed by atoms with E-state index in [0.29, 0.717) is 17.9 Å². The molecule has 0 bridgehead atoms. The molecule has 2 N–H and O–H groups in total. The first-order valence-corrected chi connectivity index (χ1v) is 8.07. The van der Waals surface area contributed by atoms with E-state index in [2.05, 4.69) is 10.4 Å². The molecule has 2 aromatic carbocycles. The Bertz CT molecular complexity index is 903. The predicted molar refractivity (Wildman–Crippen MR) is 94.2 cm³/mol. The minimum absolute atomic E-state index is 0.0217. The van der Waals surface area contributed by atoms with E-state index in [-0.39, 0.29) is 6.61 Å². The zero-order chi connectivity index (χ0) is 18.7. The van der Waals surface area contributed by atoms with E-state index in [1.54, 1.807) is 23.0 Å². The van der Waals surface area contributed by atoms with Gasteiger partial charge in [-0.25, -0.2) is 0 Å². The van der Waals surface area contributed by atoms with Crippen LogP contribution in [0.5, 0.6) is 0 Å². The van der Waals surface area contributed by atoms with Crippen LogP contribution in [0.3, 0.4) is 0 Å². The van der Waals surface area contributed by atoms with Crippen LogP contribution in [0.4, 0.5) is 24.5 Å². The lowest BCUT2D eigenvalue weighted by atomic mass is 10.0. The average molecular weight is 361 g/mol. The van der Waals surface area contributed by atoms with Crippen molar-refractivity contribution in [3.05, 3.63) is 66.0 Å². The molecule has 1 aromatic heterocycles. The Labute approximate surface area is 148 Å². The van der Waals surface area contributed by atoms with E-state index < -0.39 is 11.7 Å². The summed E-state index contributed by atoms with van der Waals surface area (Å²) in [6.07, 6.45) is -2.70. The topological polar surface area (TPSA) is 50.1 Å². The highest BCUT2D eigenvalue weighted by molar-refractivity contribution is 5.81. The number of aliphatic hydroxyl groups is 1. The standard InChI is InChI=1S/C19H18F3N3O/c1-13-17(12-23-25(13)9-10-26)16-7-2-3-8-18(16)24-15-6-4-5-14(11-15)19(20,21)22/h2-8,11-12,24,26H,9-10H2,1H3. The number of nitrogens with one attached hydrogen (secondary N) is 1. The second-order valence-corrected chi connectivity index (χ2v) is 5.84. The minimum Gasteiger partial charge on any atom is -0.394 e. The molecule has 4 nitrogen and oxygen atoms in total. The number of aromatic nitrogens is 2. The summed E-state index contributed by atoms with van der Waals surface area (Å²) in [5.74, 6) is 0. The smallest absolute Gasteiger partial charge is 0.394 e. The molecule has 3 aromatic rings. The normalized spacial score (nSPS) is 11.6. The largest absolute Gasteiger partial charge is 0.416 e. The summed E-state index contributed by atoms with van der Waals surface area (Å²) in [6.45, 7) is 2.25. The fourth-order valence-electron chi connectivity index (χ4n) is 2.79. The van der Waals surface area contributed by atoms with Crippen LogP contribution in [-0.4, -0.2) is 21.5 Å². The lowest BCUT2D eigenvalue weighted by Crippen LogP contribution is -2.06. The summed E-state index contributed by atoms with van der Waals surface area (Å²) in [7, 11) is 0. The second kappa shape index (κ2) is 7.21. The Balaban J connectivity index is 1.96. The van der Waals surface area contributed by atoms with Crippen LogP contribution in [0.2, 0.25) is 0 Å². The van der Waals surface area contributed by atoms with E-state index in [0.717, 1.165) is 29.0 Å². The van der Waals surface area contributed by atoms with Gasteiger partial charge in [0.25, 0.3) is 0 Å². The Morgan fingerprint density at radius 2 is 1.85 bits per heavy atom. The second-order valence-electron chi connectivity index (χ2n) is 5.84. The lowest BCUT2D eigenvalue weighted by molar-refractivity contribution is -0.137. The molecule has 0 saturated carbocycles. The third-order valence-electron chi connectivity index (χ3n) is 4.10. The molecular formula is C19H18F3N3O. The summed E-state index contributed by atoms with van der Waals surface area (Å²) < 4.78 is 40.5. The van der Waals surface area contributed by atoms with Crippen molar-refractivity contribution in [1.82, 2.24) is 9.78 Å². The van der Waals surface area contributed by atoms with E-state index in [1.165, 1.54) is 6.07 Å². The zero-order valence-corrected chi connectivity index (χ0v) is 14.1. The first-order chi connectivity index (χ1) is 12.4. The van der Waals surface area contributed by atoms with Gasteiger partial charge < -0.3 is 10.4 Å². The number of para-hydroxylation sites is 1. The summed E-state index contributed by atoms with van der Waals surface area (Å²) in [4.78, 5) is 0. The van der Waals surface area contributed by atoms with Crippen LogP contribution in [0.25, 0.3) is 11.1 Å². The number of anilines is 2. The molecule has 3 rings (SSSR count). The highest BCUT2D eigenvalue weighted by Gasteiger charge is 2.30. The Hall–Kier alpha value is -2.80. The molecule has 0 radical (unpaired) electrons. The predicted octanol–water partition coefficient (Wildman–Crippen LogP) is 4.61. The SMILES string of the molecule is Cc1c(-c2ccccc2Nc2cccc(C(F)(F)F)c2)cnn1CCO. The molecule has 1 heterocycles. The molecule has 0 saturated heterocycles. The number of aliphatic hydroxyl groups excluding tert-OH is 1. The monoisotopic (exact) mass is 361 g/mol.